The molecule has 0 aliphatic rings. The minimum atomic E-state index is -0.414. The summed E-state index contributed by atoms with van der Waals surface area (Å²) in [6, 6.07) is 9.39. The fourth-order valence-corrected chi connectivity index (χ4v) is 2.08. The summed E-state index contributed by atoms with van der Waals surface area (Å²) >= 11 is 0. The van der Waals surface area contributed by atoms with Crippen LogP contribution in [0.2, 0.25) is 0 Å². The lowest BCUT2D eigenvalue weighted by molar-refractivity contribution is 0.709. The molecule has 0 aliphatic heterocycles. The van der Waals surface area contributed by atoms with Gasteiger partial charge in [0.1, 0.15) is 0 Å². The molecule has 0 amide bonds. The van der Waals surface area contributed by atoms with Gasteiger partial charge < -0.3 is 0 Å². The average molecular weight is 268 g/mol. The molecule has 0 radical (unpaired) electrons. The van der Waals surface area contributed by atoms with Crippen molar-refractivity contribution in [3.05, 3.63) is 57.4 Å². The van der Waals surface area contributed by atoms with Gasteiger partial charge in [0.2, 0.25) is 0 Å². The van der Waals surface area contributed by atoms with E-state index in [9.17, 15) is 9.59 Å². The molecule has 0 atom stereocenters. The van der Waals surface area contributed by atoms with Crippen LogP contribution in [0, 0.1) is 0 Å². The quantitative estimate of drug-likeness (QED) is 0.651. The summed E-state index contributed by atoms with van der Waals surface area (Å²) in [4.78, 5) is 32.5. The van der Waals surface area contributed by atoms with Crippen LogP contribution < -0.4 is 11.2 Å². The molecule has 2 heterocycles. The van der Waals surface area contributed by atoms with E-state index in [1.807, 2.05) is 30.3 Å². The Morgan fingerprint density at radius 1 is 1.00 bits per heavy atom. The number of hydrogen-bond acceptors (Lipinski definition) is 4. The van der Waals surface area contributed by atoms with Crippen LogP contribution in [-0.4, -0.2) is 19.1 Å². The summed E-state index contributed by atoms with van der Waals surface area (Å²) in [5.41, 5.74) is 0.688. The first kappa shape index (κ1) is 12.3. The maximum atomic E-state index is 12.1. The van der Waals surface area contributed by atoms with Gasteiger partial charge in [-0.25, -0.2) is 14.8 Å². The molecular weight excluding hydrogens is 256 g/mol. The van der Waals surface area contributed by atoms with E-state index >= 15 is 0 Å². The van der Waals surface area contributed by atoms with Gasteiger partial charge in [-0.2, -0.15) is 0 Å². The first-order valence-corrected chi connectivity index (χ1v) is 6.08. The summed E-state index contributed by atoms with van der Waals surface area (Å²) < 4.78 is 2.41. The van der Waals surface area contributed by atoms with Crippen LogP contribution in [-0.2, 0) is 14.1 Å². The summed E-state index contributed by atoms with van der Waals surface area (Å²) in [5, 5.41) is 0. The normalized spacial score (nSPS) is 10.9. The van der Waals surface area contributed by atoms with Crippen molar-refractivity contribution in [2.45, 2.75) is 0 Å². The molecule has 3 rings (SSSR count). The highest BCUT2D eigenvalue weighted by atomic mass is 16.2. The standard InChI is InChI=1S/C14H12N4O2/c1-17-10-8-15-12(9-6-4-3-5-7-9)16-11(10)13(19)18(2)14(17)20/h3-8H,1-2H3. The van der Waals surface area contributed by atoms with Crippen molar-refractivity contribution in [1.82, 2.24) is 19.1 Å². The van der Waals surface area contributed by atoms with E-state index in [0.717, 1.165) is 10.1 Å². The van der Waals surface area contributed by atoms with Gasteiger partial charge in [0.15, 0.2) is 11.3 Å². The molecule has 0 spiro atoms. The topological polar surface area (TPSA) is 69.8 Å². The van der Waals surface area contributed by atoms with Crippen LogP contribution in [0.15, 0.2) is 46.1 Å². The second-order valence-electron chi connectivity index (χ2n) is 4.50. The number of benzene rings is 1. The number of nitrogens with zero attached hydrogens (tertiary/aromatic N) is 4. The van der Waals surface area contributed by atoms with Crippen LogP contribution in [0.1, 0.15) is 0 Å². The van der Waals surface area contributed by atoms with Crippen molar-refractivity contribution in [3.8, 4) is 11.4 Å². The third-order valence-electron chi connectivity index (χ3n) is 3.24. The molecule has 2 aromatic heterocycles. The highest BCUT2D eigenvalue weighted by Crippen LogP contribution is 2.15. The molecule has 0 bridgehead atoms. The molecule has 3 aromatic rings. The van der Waals surface area contributed by atoms with E-state index < -0.39 is 11.2 Å². The summed E-state index contributed by atoms with van der Waals surface area (Å²) in [7, 11) is 3.03. The Kier molecular flexibility index (Phi) is 2.71. The predicted molar refractivity (Wildman–Crippen MR) is 75.5 cm³/mol. The summed E-state index contributed by atoms with van der Waals surface area (Å²) in [6.45, 7) is 0. The van der Waals surface area contributed by atoms with Gasteiger partial charge in [-0.05, 0) is 0 Å². The molecule has 1 aromatic carbocycles. The van der Waals surface area contributed by atoms with E-state index in [4.69, 9.17) is 0 Å². The minimum Gasteiger partial charge on any atom is -0.293 e. The lowest BCUT2D eigenvalue weighted by Gasteiger charge is -2.07. The van der Waals surface area contributed by atoms with Crippen molar-refractivity contribution < 1.29 is 0 Å². The minimum absolute atomic E-state index is 0.239. The lowest BCUT2D eigenvalue weighted by atomic mass is 10.2. The average Bonchev–Trinajstić information content (AvgIpc) is 2.51. The van der Waals surface area contributed by atoms with Gasteiger partial charge in [-0.1, -0.05) is 30.3 Å². The second-order valence-corrected chi connectivity index (χ2v) is 4.50. The molecule has 0 fully saturated rings. The van der Waals surface area contributed by atoms with E-state index in [1.165, 1.54) is 17.8 Å². The third-order valence-corrected chi connectivity index (χ3v) is 3.24. The number of aromatic nitrogens is 4. The van der Waals surface area contributed by atoms with Gasteiger partial charge in [-0.15, -0.1) is 0 Å². The number of hydrogen-bond donors (Lipinski definition) is 0. The molecule has 0 N–H and O–H groups in total. The van der Waals surface area contributed by atoms with Gasteiger partial charge in [0.05, 0.1) is 11.7 Å². The highest BCUT2D eigenvalue weighted by molar-refractivity contribution is 5.75. The van der Waals surface area contributed by atoms with Crippen molar-refractivity contribution in [2.24, 2.45) is 14.1 Å². The fraction of sp³-hybridized carbons (Fsp3) is 0.143. The van der Waals surface area contributed by atoms with Gasteiger partial charge in [0, 0.05) is 19.7 Å². The second kappa shape index (κ2) is 4.41. The number of aryl methyl sites for hydroxylation is 1. The Morgan fingerprint density at radius 2 is 1.70 bits per heavy atom. The Labute approximate surface area is 114 Å². The van der Waals surface area contributed by atoms with E-state index in [0.29, 0.717) is 11.3 Å². The zero-order valence-corrected chi connectivity index (χ0v) is 11.1. The Hall–Kier alpha value is -2.76. The molecule has 100 valence electrons. The zero-order chi connectivity index (χ0) is 14.3. The molecule has 0 saturated heterocycles. The Morgan fingerprint density at radius 3 is 2.40 bits per heavy atom. The predicted octanol–water partition coefficient (Wildman–Crippen LogP) is 0.694. The Balaban J connectivity index is 2.38. The van der Waals surface area contributed by atoms with E-state index in [-0.39, 0.29) is 5.52 Å². The molecule has 0 unspecified atom stereocenters. The zero-order valence-electron chi connectivity index (χ0n) is 11.1. The largest absolute Gasteiger partial charge is 0.331 e. The lowest BCUT2D eigenvalue weighted by Crippen LogP contribution is -2.37. The number of fused-ring (bicyclic) bond motifs is 1. The first-order valence-electron chi connectivity index (χ1n) is 6.08. The fourth-order valence-electron chi connectivity index (χ4n) is 2.08. The van der Waals surface area contributed by atoms with Crippen molar-refractivity contribution >= 4 is 11.0 Å². The smallest absolute Gasteiger partial charge is 0.293 e. The Bertz CT molecular complexity index is 910. The van der Waals surface area contributed by atoms with Gasteiger partial charge in [0.25, 0.3) is 5.56 Å². The third kappa shape index (κ3) is 1.73. The summed E-state index contributed by atoms with van der Waals surface area (Å²) in [5.74, 6) is 0.467. The van der Waals surface area contributed by atoms with Crippen molar-refractivity contribution in [3.63, 3.8) is 0 Å². The molecule has 6 heteroatoms. The maximum absolute atomic E-state index is 12.1. The van der Waals surface area contributed by atoms with Crippen LogP contribution in [0.25, 0.3) is 22.4 Å². The first-order chi connectivity index (χ1) is 9.59. The molecule has 6 nitrogen and oxygen atoms in total. The highest BCUT2D eigenvalue weighted by Gasteiger charge is 2.11. The molecular formula is C14H12N4O2. The van der Waals surface area contributed by atoms with Crippen LogP contribution >= 0.6 is 0 Å². The molecule has 20 heavy (non-hydrogen) atoms. The summed E-state index contributed by atoms with van der Waals surface area (Å²) in [6.07, 6.45) is 1.51. The van der Waals surface area contributed by atoms with Crippen molar-refractivity contribution in [2.75, 3.05) is 0 Å². The van der Waals surface area contributed by atoms with Crippen molar-refractivity contribution in [1.29, 1.82) is 0 Å². The van der Waals surface area contributed by atoms with Gasteiger partial charge >= 0.3 is 5.69 Å². The van der Waals surface area contributed by atoms with Crippen LogP contribution in [0.4, 0.5) is 0 Å². The van der Waals surface area contributed by atoms with E-state index in [1.54, 1.807) is 7.05 Å². The van der Waals surface area contributed by atoms with E-state index in [2.05, 4.69) is 9.97 Å². The van der Waals surface area contributed by atoms with Gasteiger partial charge in [-0.3, -0.25) is 13.9 Å². The maximum Gasteiger partial charge on any atom is 0.331 e. The molecule has 0 saturated carbocycles. The number of rotatable bonds is 1. The van der Waals surface area contributed by atoms with Crippen LogP contribution in [0.5, 0.6) is 0 Å². The van der Waals surface area contributed by atoms with Crippen LogP contribution in [0.3, 0.4) is 0 Å². The molecule has 0 aliphatic carbocycles. The SMILES string of the molecule is Cn1c(=O)c2nc(-c3ccccc3)ncc2n(C)c1=O. The monoisotopic (exact) mass is 268 g/mol.